The van der Waals surface area contributed by atoms with E-state index >= 15 is 0 Å². The molecule has 2 heterocycles. The summed E-state index contributed by atoms with van der Waals surface area (Å²) in [6.07, 6.45) is 0.622. The lowest BCUT2D eigenvalue weighted by Crippen LogP contribution is -2.49. The average molecular weight is 566 g/mol. The fraction of sp³-hybridized carbons (Fsp3) is 0.300. The molecular weight excluding hydrogens is 535 g/mol. The molecule has 1 fully saturated rings. The van der Waals surface area contributed by atoms with Gasteiger partial charge in [0, 0.05) is 38.9 Å². The summed E-state index contributed by atoms with van der Waals surface area (Å²) >= 11 is 12.7. The van der Waals surface area contributed by atoms with Crippen molar-refractivity contribution in [3.63, 3.8) is 0 Å². The second kappa shape index (κ2) is 9.97. The number of fused-ring (bicyclic) bond motifs is 2. The lowest BCUT2D eigenvalue weighted by Gasteiger charge is -2.37. The van der Waals surface area contributed by atoms with Crippen LogP contribution in [0.15, 0.2) is 66.7 Å². The number of rotatable bonds is 5. The zero-order valence-electron chi connectivity index (χ0n) is 21.8. The van der Waals surface area contributed by atoms with Gasteiger partial charge in [0.1, 0.15) is 5.41 Å². The highest BCUT2D eigenvalue weighted by molar-refractivity contribution is 6.31. The Bertz CT molecular complexity index is 1470. The lowest BCUT2D eigenvalue weighted by atomic mass is 9.62. The van der Waals surface area contributed by atoms with Gasteiger partial charge < -0.3 is 21.7 Å². The molecule has 2 aliphatic rings. The van der Waals surface area contributed by atoms with Crippen molar-refractivity contribution in [3.05, 3.63) is 93.5 Å². The van der Waals surface area contributed by atoms with Crippen molar-refractivity contribution in [2.45, 2.75) is 50.6 Å². The van der Waals surface area contributed by atoms with Crippen LogP contribution >= 0.6 is 23.2 Å². The Balaban J connectivity index is 1.66. The summed E-state index contributed by atoms with van der Waals surface area (Å²) in [4.78, 5) is 39.6. The molecule has 0 aromatic heterocycles. The summed E-state index contributed by atoms with van der Waals surface area (Å²) in [6.45, 7) is 6.33. The van der Waals surface area contributed by atoms with Gasteiger partial charge in [-0.2, -0.15) is 0 Å². The molecule has 4 atom stereocenters. The number of hydrogen-bond acceptors (Lipinski definition) is 4. The second-order valence-corrected chi connectivity index (χ2v) is 12.3. The van der Waals surface area contributed by atoms with E-state index in [1.165, 1.54) is 0 Å². The molecule has 1 spiro atoms. The van der Waals surface area contributed by atoms with Gasteiger partial charge >= 0.3 is 0 Å². The molecule has 39 heavy (non-hydrogen) atoms. The van der Waals surface area contributed by atoms with Crippen molar-refractivity contribution < 1.29 is 14.4 Å². The van der Waals surface area contributed by atoms with Gasteiger partial charge in [0.15, 0.2) is 0 Å². The van der Waals surface area contributed by atoms with E-state index in [0.29, 0.717) is 33.4 Å². The Morgan fingerprint density at radius 1 is 1.00 bits per heavy atom. The van der Waals surface area contributed by atoms with E-state index < -0.39 is 23.3 Å². The zero-order valence-corrected chi connectivity index (χ0v) is 23.4. The number of carbonyl (C=O) groups excluding carboxylic acids is 3. The second-order valence-electron chi connectivity index (χ2n) is 11.4. The largest absolute Gasteiger partial charge is 0.366 e. The molecule has 202 valence electrons. The minimum atomic E-state index is -1.10. The highest BCUT2D eigenvalue weighted by atomic mass is 35.5. The Kier molecular flexibility index (Phi) is 6.95. The zero-order chi connectivity index (χ0) is 28.1. The predicted molar refractivity (Wildman–Crippen MR) is 154 cm³/mol. The van der Waals surface area contributed by atoms with Crippen LogP contribution in [0.3, 0.4) is 0 Å². The van der Waals surface area contributed by atoms with Gasteiger partial charge in [0.25, 0.3) is 0 Å². The number of hydrogen-bond donors (Lipinski definition) is 4. The first-order valence-electron chi connectivity index (χ1n) is 12.7. The van der Waals surface area contributed by atoms with Crippen molar-refractivity contribution in [1.29, 1.82) is 0 Å². The summed E-state index contributed by atoms with van der Waals surface area (Å²) in [5, 5.41) is 10.6. The SMILES string of the molecule is CC(C)(C)C[C@@H]1N[C@@H](C(=O)Nc2ccc(C(N)=O)cc2)C(c2cccc(Cl)c2)[C@]12C(=O)Nc1cc(Cl)ccc12. The topological polar surface area (TPSA) is 113 Å². The van der Waals surface area contributed by atoms with E-state index in [2.05, 4.69) is 36.7 Å². The maximum Gasteiger partial charge on any atom is 0.248 e. The summed E-state index contributed by atoms with van der Waals surface area (Å²) in [5.41, 5.74) is 7.16. The highest BCUT2D eigenvalue weighted by Gasteiger charge is 2.65. The molecule has 3 aromatic carbocycles. The number of primary amides is 1. The molecule has 7 nitrogen and oxygen atoms in total. The van der Waals surface area contributed by atoms with Gasteiger partial charge in [-0.1, -0.05) is 62.2 Å². The monoisotopic (exact) mass is 564 g/mol. The minimum absolute atomic E-state index is 0.158. The van der Waals surface area contributed by atoms with E-state index in [1.807, 2.05) is 24.3 Å². The van der Waals surface area contributed by atoms with Gasteiger partial charge in [-0.25, -0.2) is 0 Å². The first-order valence-corrected chi connectivity index (χ1v) is 13.5. The van der Waals surface area contributed by atoms with Gasteiger partial charge in [-0.3, -0.25) is 14.4 Å². The molecule has 0 saturated carbocycles. The third-order valence-corrected chi connectivity index (χ3v) is 8.02. The molecule has 5 rings (SSSR count). The fourth-order valence-corrected chi connectivity index (χ4v) is 6.43. The van der Waals surface area contributed by atoms with Crippen molar-refractivity contribution in [2.75, 3.05) is 10.6 Å². The van der Waals surface area contributed by atoms with Crippen LogP contribution in [0, 0.1) is 5.41 Å². The molecule has 0 bridgehead atoms. The lowest BCUT2D eigenvalue weighted by molar-refractivity contribution is -0.122. The summed E-state index contributed by atoms with van der Waals surface area (Å²) in [6, 6.07) is 17.9. The van der Waals surface area contributed by atoms with E-state index in [9.17, 15) is 14.4 Å². The number of anilines is 2. The molecule has 0 radical (unpaired) electrons. The molecule has 5 N–H and O–H groups in total. The number of nitrogens with two attached hydrogens (primary N) is 1. The summed E-state index contributed by atoms with van der Waals surface area (Å²) in [5.74, 6) is -1.63. The molecule has 3 aromatic rings. The van der Waals surface area contributed by atoms with Crippen molar-refractivity contribution in [2.24, 2.45) is 11.1 Å². The highest BCUT2D eigenvalue weighted by Crippen LogP contribution is 2.56. The molecule has 3 amide bonds. The Morgan fingerprint density at radius 2 is 1.69 bits per heavy atom. The molecule has 1 saturated heterocycles. The van der Waals surface area contributed by atoms with Crippen LogP contribution in [-0.2, 0) is 15.0 Å². The van der Waals surface area contributed by atoms with Crippen LogP contribution in [0.25, 0.3) is 0 Å². The molecule has 2 aliphatic heterocycles. The summed E-state index contributed by atoms with van der Waals surface area (Å²) in [7, 11) is 0. The Hall–Kier alpha value is -3.39. The van der Waals surface area contributed by atoms with Crippen LogP contribution in [0.1, 0.15) is 54.6 Å². The predicted octanol–water partition coefficient (Wildman–Crippen LogP) is 5.48. The standard InChI is InChI=1S/C30H30Cl2N4O3/c1-29(2,3)15-23-30(21-12-9-19(32)14-22(21)35-28(30)39)24(17-5-4-6-18(31)13-17)25(36-23)27(38)34-20-10-7-16(8-11-20)26(33)37/h4-14,23-25,36H,15H2,1-3H3,(H2,33,37)(H,34,38)(H,35,39)/t23-,24?,25+,30+/m0/s1. The quantitative estimate of drug-likeness (QED) is 0.328. The maximum absolute atomic E-state index is 14.2. The van der Waals surface area contributed by atoms with E-state index in [0.717, 1.165) is 11.1 Å². The number of benzene rings is 3. The van der Waals surface area contributed by atoms with Crippen LogP contribution in [0.2, 0.25) is 10.0 Å². The number of halogens is 2. The van der Waals surface area contributed by atoms with Crippen molar-refractivity contribution in [3.8, 4) is 0 Å². The van der Waals surface area contributed by atoms with Gasteiger partial charge in [-0.15, -0.1) is 0 Å². The van der Waals surface area contributed by atoms with Crippen molar-refractivity contribution in [1.82, 2.24) is 5.32 Å². The molecule has 1 unspecified atom stereocenters. The molecule has 9 heteroatoms. The van der Waals surface area contributed by atoms with E-state index in [1.54, 1.807) is 42.5 Å². The summed E-state index contributed by atoms with van der Waals surface area (Å²) < 4.78 is 0. The number of carbonyl (C=O) groups is 3. The molecule has 0 aliphatic carbocycles. The number of amides is 3. The average Bonchev–Trinajstić information content (AvgIpc) is 3.33. The van der Waals surface area contributed by atoms with Gasteiger partial charge in [0.2, 0.25) is 17.7 Å². The first-order chi connectivity index (χ1) is 18.4. The minimum Gasteiger partial charge on any atom is -0.366 e. The van der Waals surface area contributed by atoms with Gasteiger partial charge in [0.05, 0.1) is 6.04 Å². The van der Waals surface area contributed by atoms with Crippen LogP contribution in [-0.4, -0.2) is 29.8 Å². The first kappa shape index (κ1) is 27.2. The van der Waals surface area contributed by atoms with E-state index in [4.69, 9.17) is 28.9 Å². The van der Waals surface area contributed by atoms with Crippen LogP contribution in [0.5, 0.6) is 0 Å². The van der Waals surface area contributed by atoms with E-state index in [-0.39, 0.29) is 23.3 Å². The fourth-order valence-electron chi connectivity index (χ4n) is 6.06. The normalized spacial score (nSPS) is 23.9. The third-order valence-electron chi connectivity index (χ3n) is 7.55. The smallest absolute Gasteiger partial charge is 0.248 e. The Morgan fingerprint density at radius 3 is 2.33 bits per heavy atom. The Labute approximate surface area is 237 Å². The maximum atomic E-state index is 14.2. The third kappa shape index (κ3) is 4.91. The van der Waals surface area contributed by atoms with Gasteiger partial charge in [-0.05, 0) is 71.5 Å². The molecular formula is C30H30Cl2N4O3. The van der Waals surface area contributed by atoms with Crippen molar-refractivity contribution >= 4 is 52.3 Å². The van der Waals surface area contributed by atoms with Crippen LogP contribution in [0.4, 0.5) is 11.4 Å². The number of nitrogens with one attached hydrogen (secondary N) is 3. The van der Waals surface area contributed by atoms with Crippen LogP contribution < -0.4 is 21.7 Å².